The van der Waals surface area contributed by atoms with Crippen molar-refractivity contribution in [1.82, 2.24) is 5.32 Å². The Labute approximate surface area is 349 Å². The Morgan fingerprint density at radius 2 is 1.04 bits per heavy atom. The van der Waals surface area contributed by atoms with E-state index < -0.39 is 26.6 Å². The molecule has 9 heteroatoms. The predicted molar refractivity (Wildman–Crippen MR) is 242 cm³/mol. The summed E-state index contributed by atoms with van der Waals surface area (Å²) in [7, 11) is 1.21. The minimum atomic E-state index is -4.60. The summed E-state index contributed by atoms with van der Waals surface area (Å²) in [5, 5.41) is 13.7. The van der Waals surface area contributed by atoms with Crippen molar-refractivity contribution < 1.29 is 32.9 Å². The number of rotatable bonds is 38. The maximum atomic E-state index is 12.8. The number of hydrogen-bond acceptors (Lipinski definition) is 6. The second-order valence-electron chi connectivity index (χ2n) is 15.6. The molecule has 0 aliphatic heterocycles. The van der Waals surface area contributed by atoms with Crippen molar-refractivity contribution in [3.63, 3.8) is 0 Å². The van der Waals surface area contributed by atoms with Crippen LogP contribution in [0.25, 0.3) is 0 Å². The molecule has 0 aliphatic rings. The second-order valence-corrected chi connectivity index (χ2v) is 17.0. The Morgan fingerprint density at radius 1 is 0.614 bits per heavy atom. The molecule has 0 rings (SSSR count). The van der Waals surface area contributed by atoms with E-state index in [1.54, 1.807) is 6.08 Å². The molecule has 0 bridgehead atoms. The van der Waals surface area contributed by atoms with Crippen LogP contribution in [0.1, 0.15) is 149 Å². The van der Waals surface area contributed by atoms with Gasteiger partial charge in [0.25, 0.3) is 7.82 Å². The van der Waals surface area contributed by atoms with Gasteiger partial charge in [-0.15, -0.1) is 0 Å². The lowest BCUT2D eigenvalue weighted by atomic mass is 10.1. The molecule has 0 aromatic carbocycles. The first-order valence-electron chi connectivity index (χ1n) is 22.1. The summed E-state index contributed by atoms with van der Waals surface area (Å²) >= 11 is 0. The molecule has 0 spiro atoms. The number of allylic oxidation sites excluding steroid dienone is 15. The number of aliphatic hydroxyl groups excluding tert-OH is 1. The van der Waals surface area contributed by atoms with Crippen molar-refractivity contribution in [3.05, 3.63) is 97.2 Å². The molecule has 0 heterocycles. The average Bonchev–Trinajstić information content (AvgIpc) is 3.16. The number of amides is 1. The smallest absolute Gasteiger partial charge is 0.268 e. The molecule has 1 amide bonds. The van der Waals surface area contributed by atoms with Crippen LogP contribution in [0.5, 0.6) is 0 Å². The highest BCUT2D eigenvalue weighted by Gasteiger charge is 2.23. The molecule has 0 saturated heterocycles. The molecule has 0 radical (unpaired) electrons. The van der Waals surface area contributed by atoms with Gasteiger partial charge in [0.2, 0.25) is 5.91 Å². The van der Waals surface area contributed by atoms with Gasteiger partial charge >= 0.3 is 0 Å². The first kappa shape index (κ1) is 54.4. The number of likely N-dealkylation sites (N-methyl/N-ethyl adjacent to an activating group) is 1. The zero-order valence-electron chi connectivity index (χ0n) is 36.7. The summed E-state index contributed by atoms with van der Waals surface area (Å²) in [4.78, 5) is 25.2. The van der Waals surface area contributed by atoms with Crippen molar-refractivity contribution >= 4 is 13.7 Å². The molecule has 0 fully saturated rings. The molecule has 2 N–H and O–H groups in total. The van der Waals surface area contributed by atoms with Crippen LogP contribution in [-0.4, -0.2) is 68.5 Å². The lowest BCUT2D eigenvalue weighted by molar-refractivity contribution is -0.870. The first-order chi connectivity index (χ1) is 27.5. The summed E-state index contributed by atoms with van der Waals surface area (Å²) in [6.45, 7) is 4.34. The molecule has 0 aliphatic carbocycles. The average molecular weight is 815 g/mol. The number of quaternary nitrogens is 1. The Morgan fingerprint density at radius 3 is 1.56 bits per heavy atom. The van der Waals surface area contributed by atoms with Gasteiger partial charge in [0.15, 0.2) is 0 Å². The zero-order chi connectivity index (χ0) is 42.1. The normalized spacial score (nSPS) is 15.3. The van der Waals surface area contributed by atoms with E-state index in [-0.39, 0.29) is 12.5 Å². The maximum absolute atomic E-state index is 12.8. The van der Waals surface area contributed by atoms with Gasteiger partial charge in [-0.05, 0) is 83.5 Å². The Hall–Kier alpha value is -2.58. The fourth-order valence-electron chi connectivity index (χ4n) is 5.57. The standard InChI is InChI=1S/C48H83N2O6P/c1-6-8-10-12-14-16-18-19-20-21-22-23-24-25-26-27-28-29-30-31-32-34-36-38-40-42-48(52)49-46(45-56-57(53,54)55-44-43-50(3,4)5)47(51)41-39-37-35-33-17-15-13-11-9-7-2/h8-11,14,16-17,19-20,22-23,25-26,33,39,41,46-47,51H,6-7,12-13,15,18,21,24,27-32,34-38,40,42-45H2,1-5H3,(H-,49,52,53,54)/b10-8-,11-9+,16-14-,20-19-,23-22-,26-25-,33-17+,41-39+. The van der Waals surface area contributed by atoms with Gasteiger partial charge in [-0.25, -0.2) is 0 Å². The number of unbranched alkanes of at least 4 members (excludes halogenated alkanes) is 11. The summed E-state index contributed by atoms with van der Waals surface area (Å²) in [6, 6.07) is -0.917. The largest absolute Gasteiger partial charge is 0.756 e. The van der Waals surface area contributed by atoms with Gasteiger partial charge in [-0.1, -0.05) is 156 Å². The van der Waals surface area contributed by atoms with Gasteiger partial charge in [0, 0.05) is 6.42 Å². The fourth-order valence-corrected chi connectivity index (χ4v) is 6.29. The Kier molecular flexibility index (Phi) is 37.2. The number of phosphoric ester groups is 1. The number of carbonyl (C=O) groups excluding carboxylic acids is 1. The highest BCUT2D eigenvalue weighted by atomic mass is 31.2. The van der Waals surface area contributed by atoms with Crippen molar-refractivity contribution in [1.29, 1.82) is 0 Å². The number of phosphoric acid groups is 1. The van der Waals surface area contributed by atoms with Crippen LogP contribution in [-0.2, 0) is 18.4 Å². The number of nitrogens with one attached hydrogen (secondary N) is 1. The summed E-state index contributed by atoms with van der Waals surface area (Å²) in [5.41, 5.74) is 0. The van der Waals surface area contributed by atoms with Crippen molar-refractivity contribution in [3.8, 4) is 0 Å². The summed E-state index contributed by atoms with van der Waals surface area (Å²) in [5.74, 6) is -0.227. The number of hydrogen-bond donors (Lipinski definition) is 2. The number of aliphatic hydroxyl groups is 1. The van der Waals surface area contributed by atoms with Crippen molar-refractivity contribution in [2.24, 2.45) is 0 Å². The molecule has 8 nitrogen and oxygen atoms in total. The van der Waals surface area contributed by atoms with Crippen LogP contribution < -0.4 is 10.2 Å². The van der Waals surface area contributed by atoms with Gasteiger partial charge in [0.1, 0.15) is 13.2 Å². The zero-order valence-corrected chi connectivity index (χ0v) is 37.6. The van der Waals surface area contributed by atoms with Crippen molar-refractivity contribution in [2.45, 2.75) is 161 Å². The van der Waals surface area contributed by atoms with E-state index in [0.717, 1.165) is 96.3 Å². The molecule has 3 unspecified atom stereocenters. The quantitative estimate of drug-likeness (QED) is 0.0278. The van der Waals surface area contributed by atoms with Gasteiger partial charge in [-0.2, -0.15) is 0 Å². The van der Waals surface area contributed by atoms with Crippen LogP contribution in [0.15, 0.2) is 97.2 Å². The predicted octanol–water partition coefficient (Wildman–Crippen LogP) is 11.7. The minimum Gasteiger partial charge on any atom is -0.756 e. The molecule has 3 atom stereocenters. The molecule has 57 heavy (non-hydrogen) atoms. The topological polar surface area (TPSA) is 108 Å². The lowest BCUT2D eigenvalue weighted by Gasteiger charge is -2.29. The van der Waals surface area contributed by atoms with Crippen LogP contribution in [0.3, 0.4) is 0 Å². The van der Waals surface area contributed by atoms with E-state index in [0.29, 0.717) is 17.4 Å². The van der Waals surface area contributed by atoms with E-state index in [2.05, 4.69) is 104 Å². The van der Waals surface area contributed by atoms with Gasteiger partial charge < -0.3 is 28.8 Å². The highest BCUT2D eigenvalue weighted by Crippen LogP contribution is 2.38. The van der Waals surface area contributed by atoms with Crippen LogP contribution in [0, 0.1) is 0 Å². The van der Waals surface area contributed by atoms with Gasteiger partial charge in [0.05, 0.1) is 39.9 Å². The highest BCUT2D eigenvalue weighted by molar-refractivity contribution is 7.45. The molecule has 0 saturated carbocycles. The Balaban J connectivity index is 4.31. The second kappa shape index (κ2) is 38.9. The van der Waals surface area contributed by atoms with E-state index in [1.807, 2.05) is 27.2 Å². The monoisotopic (exact) mass is 815 g/mol. The Bertz CT molecular complexity index is 1240. The fraction of sp³-hybridized carbons (Fsp3) is 0.646. The van der Waals surface area contributed by atoms with E-state index >= 15 is 0 Å². The third-order valence-corrected chi connectivity index (χ3v) is 9.98. The number of carbonyl (C=O) groups is 1. The van der Waals surface area contributed by atoms with E-state index in [9.17, 15) is 19.4 Å². The first-order valence-corrected chi connectivity index (χ1v) is 23.6. The van der Waals surface area contributed by atoms with Crippen molar-refractivity contribution in [2.75, 3.05) is 40.9 Å². The molecular weight excluding hydrogens is 732 g/mol. The van der Waals surface area contributed by atoms with Crippen LogP contribution >= 0.6 is 7.82 Å². The van der Waals surface area contributed by atoms with Crippen LogP contribution in [0.4, 0.5) is 0 Å². The van der Waals surface area contributed by atoms with E-state index in [1.165, 1.54) is 32.1 Å². The molecule has 0 aromatic heterocycles. The summed E-state index contributed by atoms with van der Waals surface area (Å²) in [6.07, 6.45) is 54.7. The molecule has 0 aromatic rings. The summed E-state index contributed by atoms with van der Waals surface area (Å²) < 4.78 is 23.1. The number of nitrogens with zero attached hydrogens (tertiary/aromatic N) is 1. The minimum absolute atomic E-state index is 0.0159. The molecular formula is C48H83N2O6P. The maximum Gasteiger partial charge on any atom is 0.268 e. The van der Waals surface area contributed by atoms with Gasteiger partial charge in [-0.3, -0.25) is 9.36 Å². The SMILES string of the molecule is CC/C=C\C/C=C\C/C=C\C/C=C\C/C=C\CCCCCCCCCCCC(=O)NC(COP(=O)([O-])OCC[N+](C)(C)C)C(O)/C=C/CC/C=C/CC/C=C/CC. The third kappa shape index (κ3) is 41.4. The third-order valence-electron chi connectivity index (χ3n) is 9.02. The molecule has 326 valence electrons. The van der Waals surface area contributed by atoms with E-state index in [4.69, 9.17) is 9.05 Å². The van der Waals surface area contributed by atoms with Crippen LogP contribution in [0.2, 0.25) is 0 Å². The lowest BCUT2D eigenvalue weighted by Crippen LogP contribution is -2.45.